The number of carbonyl (C=O) groups is 1. The van der Waals surface area contributed by atoms with Gasteiger partial charge in [-0.3, -0.25) is 4.79 Å². The molecule has 2 bridgehead atoms. The van der Waals surface area contributed by atoms with Crippen LogP contribution in [0, 0.1) is 44.4 Å². The average Bonchev–Trinajstić information content (AvgIpc) is 2.98. The molecular formula is C25H26ClNO3. The van der Waals surface area contributed by atoms with Crippen molar-refractivity contribution in [1.82, 2.24) is 4.98 Å². The molecule has 4 aliphatic carbocycles. The molecule has 3 saturated carbocycles. The Morgan fingerprint density at radius 2 is 1.57 bits per heavy atom. The van der Waals surface area contributed by atoms with E-state index in [0.29, 0.717) is 39.8 Å². The summed E-state index contributed by atoms with van der Waals surface area (Å²) in [6, 6.07) is 5.65. The van der Waals surface area contributed by atoms with Crippen LogP contribution in [0.15, 0.2) is 30.2 Å². The Balaban J connectivity index is 1.52. The van der Waals surface area contributed by atoms with E-state index < -0.39 is 0 Å². The van der Waals surface area contributed by atoms with E-state index in [1.54, 1.807) is 6.20 Å². The summed E-state index contributed by atoms with van der Waals surface area (Å²) in [5.41, 5.74) is 4.12. The zero-order chi connectivity index (χ0) is 21.2. The first-order chi connectivity index (χ1) is 14.3. The number of aromatic nitrogens is 1. The molecule has 6 rings (SSSR count). The van der Waals surface area contributed by atoms with E-state index in [4.69, 9.17) is 16.3 Å². The Labute approximate surface area is 181 Å². The second kappa shape index (κ2) is 7.12. The zero-order valence-electron chi connectivity index (χ0n) is 17.5. The second-order valence-electron chi connectivity index (χ2n) is 9.16. The van der Waals surface area contributed by atoms with E-state index in [-0.39, 0.29) is 17.6 Å². The lowest BCUT2D eigenvalue weighted by Gasteiger charge is -2.44. The van der Waals surface area contributed by atoms with E-state index in [0.717, 1.165) is 47.9 Å². The Bertz CT molecular complexity index is 1060. The number of aryl methyl sites for hydroxylation is 3. The van der Waals surface area contributed by atoms with Crippen LogP contribution in [-0.4, -0.2) is 15.9 Å². The number of fused-ring (bicyclic) bond motifs is 2. The highest BCUT2D eigenvalue weighted by Gasteiger charge is 2.54. The molecule has 3 fully saturated rings. The molecule has 1 heterocycles. The van der Waals surface area contributed by atoms with Gasteiger partial charge in [0.2, 0.25) is 5.88 Å². The van der Waals surface area contributed by atoms with E-state index in [1.165, 1.54) is 0 Å². The van der Waals surface area contributed by atoms with Gasteiger partial charge in [-0.15, -0.1) is 0 Å². The molecule has 1 aromatic heterocycles. The number of aliphatic hydroxyl groups excluding tert-OH is 1. The maximum atomic E-state index is 13.4. The topological polar surface area (TPSA) is 59.4 Å². The Kier molecular flexibility index (Phi) is 4.66. The fraction of sp³-hybridized carbons (Fsp3) is 0.440. The van der Waals surface area contributed by atoms with E-state index in [1.807, 2.05) is 39.0 Å². The Hall–Kier alpha value is -2.33. The number of hydrogen-bond acceptors (Lipinski definition) is 4. The minimum atomic E-state index is -0.0249. The summed E-state index contributed by atoms with van der Waals surface area (Å²) >= 11 is 5.99. The quantitative estimate of drug-likeness (QED) is 0.624. The smallest absolute Gasteiger partial charge is 0.222 e. The van der Waals surface area contributed by atoms with Crippen molar-refractivity contribution in [3.05, 3.63) is 57.4 Å². The molecule has 5 heteroatoms. The third-order valence-corrected chi connectivity index (χ3v) is 7.51. The van der Waals surface area contributed by atoms with Gasteiger partial charge in [-0.25, -0.2) is 4.98 Å². The lowest BCUT2D eigenvalue weighted by molar-refractivity contribution is -0.123. The molecule has 4 aliphatic rings. The van der Waals surface area contributed by atoms with Crippen molar-refractivity contribution < 1.29 is 14.6 Å². The number of ketones is 1. The van der Waals surface area contributed by atoms with Crippen LogP contribution in [0.3, 0.4) is 0 Å². The molecule has 0 radical (unpaired) electrons. The standard InChI is InChI=1S/C25H26ClNO3/c1-12-9-18(30-25-14(3)8-17(26)11-27-25)10-13(2)19(12)22-23(28)20-15-4-5-16(7-6-15)21(20)24(22)29/h8-11,15-16,20-21,28H,4-7H2,1-3H3. The predicted molar refractivity (Wildman–Crippen MR) is 117 cm³/mol. The number of hydrogen-bond donors (Lipinski definition) is 1. The van der Waals surface area contributed by atoms with Crippen LogP contribution in [0.1, 0.15) is 47.9 Å². The normalized spacial score (nSPS) is 27.5. The summed E-state index contributed by atoms with van der Waals surface area (Å²) in [7, 11) is 0. The van der Waals surface area contributed by atoms with E-state index in [2.05, 4.69) is 4.98 Å². The molecule has 156 valence electrons. The number of Topliss-reactive ketones (excluding diaryl/α,β-unsaturated/α-hetero) is 1. The molecule has 0 amide bonds. The number of benzene rings is 1. The summed E-state index contributed by atoms with van der Waals surface area (Å²) in [6.07, 6.45) is 6.07. The predicted octanol–water partition coefficient (Wildman–Crippen LogP) is 6.36. The molecule has 1 aromatic carbocycles. The molecule has 0 saturated heterocycles. The number of allylic oxidation sites excluding steroid dienone is 2. The van der Waals surface area contributed by atoms with Crippen LogP contribution in [0.2, 0.25) is 5.02 Å². The number of ether oxygens (including phenoxy) is 1. The van der Waals surface area contributed by atoms with Crippen molar-refractivity contribution in [2.45, 2.75) is 46.5 Å². The summed E-state index contributed by atoms with van der Waals surface area (Å²) < 4.78 is 6.00. The van der Waals surface area contributed by atoms with Crippen LogP contribution < -0.4 is 4.74 Å². The number of nitrogens with zero attached hydrogens (tertiary/aromatic N) is 1. The van der Waals surface area contributed by atoms with Gasteiger partial charge < -0.3 is 9.84 Å². The number of rotatable bonds is 3. The number of carbonyl (C=O) groups excluding carboxylic acids is 1. The Morgan fingerprint density at radius 3 is 2.13 bits per heavy atom. The molecule has 2 aromatic rings. The molecule has 30 heavy (non-hydrogen) atoms. The fourth-order valence-corrected chi connectivity index (χ4v) is 6.27. The van der Waals surface area contributed by atoms with Gasteiger partial charge >= 0.3 is 0 Å². The van der Waals surface area contributed by atoms with Crippen LogP contribution in [-0.2, 0) is 4.79 Å². The van der Waals surface area contributed by atoms with Crippen LogP contribution in [0.4, 0.5) is 0 Å². The van der Waals surface area contributed by atoms with Gasteiger partial charge in [-0.1, -0.05) is 11.6 Å². The van der Waals surface area contributed by atoms with E-state index >= 15 is 0 Å². The molecule has 1 N–H and O–H groups in total. The van der Waals surface area contributed by atoms with Crippen molar-refractivity contribution >= 4 is 23.0 Å². The van der Waals surface area contributed by atoms with E-state index in [9.17, 15) is 9.90 Å². The highest BCUT2D eigenvalue weighted by atomic mass is 35.5. The SMILES string of the molecule is Cc1cc(Cl)cnc1Oc1cc(C)c(C2=C(O)C3C4CCC(CC4)C3C2=O)c(C)c1. The lowest BCUT2D eigenvalue weighted by atomic mass is 9.59. The Morgan fingerprint density at radius 1 is 0.967 bits per heavy atom. The summed E-state index contributed by atoms with van der Waals surface area (Å²) in [6.45, 7) is 5.85. The van der Waals surface area contributed by atoms with Gasteiger partial charge in [-0.05, 0) is 93.2 Å². The number of halogens is 1. The van der Waals surface area contributed by atoms with Crippen molar-refractivity contribution in [3.8, 4) is 11.6 Å². The van der Waals surface area contributed by atoms with Gasteiger partial charge in [0.25, 0.3) is 0 Å². The minimum Gasteiger partial charge on any atom is -0.511 e. The zero-order valence-corrected chi connectivity index (χ0v) is 18.3. The monoisotopic (exact) mass is 423 g/mol. The van der Waals surface area contributed by atoms with Gasteiger partial charge in [-0.2, -0.15) is 0 Å². The lowest BCUT2D eigenvalue weighted by Crippen LogP contribution is -2.41. The van der Waals surface area contributed by atoms with Crippen molar-refractivity contribution in [2.24, 2.45) is 23.7 Å². The molecule has 2 unspecified atom stereocenters. The van der Waals surface area contributed by atoms with Crippen LogP contribution >= 0.6 is 11.6 Å². The van der Waals surface area contributed by atoms with Gasteiger partial charge in [0.05, 0.1) is 10.6 Å². The second-order valence-corrected chi connectivity index (χ2v) is 9.60. The van der Waals surface area contributed by atoms with Crippen molar-refractivity contribution in [1.29, 1.82) is 0 Å². The maximum Gasteiger partial charge on any atom is 0.222 e. The summed E-state index contributed by atoms with van der Waals surface area (Å²) in [4.78, 5) is 17.7. The molecule has 0 spiro atoms. The first kappa shape index (κ1) is 19.6. The first-order valence-electron chi connectivity index (χ1n) is 10.7. The summed E-state index contributed by atoms with van der Waals surface area (Å²) in [5.74, 6) is 2.51. The van der Waals surface area contributed by atoms with Gasteiger partial charge in [0.15, 0.2) is 5.78 Å². The fourth-order valence-electron chi connectivity index (χ4n) is 6.05. The first-order valence-corrected chi connectivity index (χ1v) is 11.1. The largest absolute Gasteiger partial charge is 0.511 e. The minimum absolute atomic E-state index is 0.0237. The molecule has 4 nitrogen and oxygen atoms in total. The average molecular weight is 424 g/mol. The highest BCUT2D eigenvalue weighted by molar-refractivity contribution is 6.30. The maximum absolute atomic E-state index is 13.4. The number of aliphatic hydroxyl groups is 1. The molecule has 0 aliphatic heterocycles. The van der Waals surface area contributed by atoms with Crippen molar-refractivity contribution in [2.75, 3.05) is 0 Å². The third kappa shape index (κ3) is 2.96. The van der Waals surface area contributed by atoms with Crippen LogP contribution in [0.5, 0.6) is 11.6 Å². The van der Waals surface area contributed by atoms with Crippen LogP contribution in [0.25, 0.3) is 5.57 Å². The van der Waals surface area contributed by atoms with Gasteiger partial charge in [0.1, 0.15) is 11.5 Å². The molecule has 2 atom stereocenters. The number of pyridine rings is 1. The van der Waals surface area contributed by atoms with Crippen molar-refractivity contribution in [3.63, 3.8) is 0 Å². The van der Waals surface area contributed by atoms with Gasteiger partial charge in [0, 0.05) is 23.6 Å². The highest BCUT2D eigenvalue weighted by Crippen LogP contribution is 2.57. The summed E-state index contributed by atoms with van der Waals surface area (Å²) in [5, 5.41) is 11.7. The molecular weight excluding hydrogens is 398 g/mol. The third-order valence-electron chi connectivity index (χ3n) is 7.31.